The van der Waals surface area contributed by atoms with Gasteiger partial charge in [0.05, 0.1) is 24.2 Å². The summed E-state index contributed by atoms with van der Waals surface area (Å²) in [5, 5.41) is 3.80. The molecule has 4 aliphatic rings. The zero-order valence-corrected chi connectivity index (χ0v) is 19.2. The van der Waals surface area contributed by atoms with Crippen molar-refractivity contribution < 1.29 is 39.3 Å². The van der Waals surface area contributed by atoms with Gasteiger partial charge in [0.25, 0.3) is 11.8 Å². The topological polar surface area (TPSA) is 126 Å². The second-order valence-corrected chi connectivity index (χ2v) is 9.49. The molecule has 182 valence electrons. The van der Waals surface area contributed by atoms with E-state index in [9.17, 15) is 19.2 Å². The van der Waals surface area contributed by atoms with Gasteiger partial charge < -0.3 is 20.1 Å². The lowest BCUT2D eigenvalue weighted by Crippen LogP contribution is -2.93. The van der Waals surface area contributed by atoms with Gasteiger partial charge in [0.15, 0.2) is 12.1 Å². The first kappa shape index (κ1) is 23.1. The number of rotatable bonds is 8. The molecule has 0 unspecified atom stereocenters. The lowest BCUT2D eigenvalue weighted by molar-refractivity contribution is -0.680. The van der Waals surface area contributed by atoms with E-state index in [-0.39, 0.29) is 48.7 Å². The summed E-state index contributed by atoms with van der Waals surface area (Å²) in [5.74, 6) is -0.979. The smallest absolute Gasteiger partial charge is 0.292 e. The first-order valence-electron chi connectivity index (χ1n) is 12.2. The summed E-state index contributed by atoms with van der Waals surface area (Å²) >= 11 is 0. The average Bonchev–Trinajstić information content (AvgIpc) is 3.61. The molecule has 0 bridgehead atoms. The Morgan fingerprint density at radius 1 is 0.706 bits per heavy atom. The largest absolute Gasteiger partial charge is 0.372 e. The molecule has 0 aromatic heterocycles. The van der Waals surface area contributed by atoms with Crippen LogP contribution in [0, 0.1) is 0 Å². The van der Waals surface area contributed by atoms with Gasteiger partial charge in [-0.3, -0.25) is 19.2 Å². The van der Waals surface area contributed by atoms with Crippen molar-refractivity contribution in [3.05, 3.63) is 24.3 Å². The van der Waals surface area contributed by atoms with Crippen molar-refractivity contribution in [1.29, 1.82) is 0 Å². The maximum atomic E-state index is 12.9. The first-order valence-corrected chi connectivity index (χ1v) is 12.2. The molecule has 4 N–H and O–H groups in total. The monoisotopic (exact) mass is 472 g/mol. The van der Waals surface area contributed by atoms with Crippen LogP contribution in [0.4, 0.5) is 11.4 Å². The summed E-state index contributed by atoms with van der Waals surface area (Å²) in [4.78, 5) is 53.3. The predicted octanol–water partition coefficient (Wildman–Crippen LogP) is -1.56. The summed E-state index contributed by atoms with van der Waals surface area (Å²) < 4.78 is 11.2. The quantitative estimate of drug-likeness (QED) is 0.441. The molecule has 10 heteroatoms. The van der Waals surface area contributed by atoms with E-state index in [2.05, 4.69) is 0 Å². The Bertz CT molecular complexity index is 878. The number of ether oxygens (including phenoxy) is 2. The molecule has 1 aromatic rings. The number of nitrogens with zero attached hydrogens (tertiary/aromatic N) is 2. The summed E-state index contributed by atoms with van der Waals surface area (Å²) in [5.41, 5.74) is 0.903. The highest BCUT2D eigenvalue weighted by molar-refractivity contribution is 6.23. The molecular formula is C24H32N4O6+2. The van der Waals surface area contributed by atoms with Crippen molar-refractivity contribution in [2.45, 2.75) is 62.8 Å². The molecule has 4 atom stereocenters. The average molecular weight is 473 g/mol. The second kappa shape index (κ2) is 9.91. The molecule has 0 aliphatic carbocycles. The minimum atomic E-state index is -0.446. The van der Waals surface area contributed by atoms with E-state index in [0.717, 1.165) is 38.9 Å². The normalized spacial score (nSPS) is 29.8. The van der Waals surface area contributed by atoms with E-state index in [4.69, 9.17) is 9.47 Å². The van der Waals surface area contributed by atoms with Crippen LogP contribution in [0.5, 0.6) is 0 Å². The number of hydrogen-bond acceptors (Lipinski definition) is 6. The van der Waals surface area contributed by atoms with Crippen molar-refractivity contribution >= 4 is 35.0 Å². The van der Waals surface area contributed by atoms with Crippen LogP contribution < -0.4 is 20.4 Å². The fraction of sp³-hybridized carbons (Fsp3) is 0.583. The third-order valence-electron chi connectivity index (χ3n) is 7.14. The van der Waals surface area contributed by atoms with E-state index in [1.54, 1.807) is 24.3 Å². The molecule has 4 saturated heterocycles. The molecule has 0 spiro atoms. The van der Waals surface area contributed by atoms with Gasteiger partial charge in [0, 0.05) is 13.2 Å². The van der Waals surface area contributed by atoms with Gasteiger partial charge in [0.1, 0.15) is 25.3 Å². The minimum absolute atomic E-state index is 0.138. The van der Waals surface area contributed by atoms with Crippen LogP contribution in [0.15, 0.2) is 24.3 Å². The Labute approximate surface area is 197 Å². The number of anilines is 2. The van der Waals surface area contributed by atoms with E-state index in [1.807, 2.05) is 10.6 Å². The standard InChI is InChI=1S/C24H30N4O6/c29-21-11-19(25-13-17-3-1-9-33-17)23(31)27(21)15-5-7-16(8-6-15)28-22(30)12-20(24(28)32)26-14-18-4-2-10-34-18/h5-8,17-20,25-26H,1-4,9-14H2/p+2/t17-,18-,19-,20-/m0/s1. The molecule has 4 heterocycles. The fourth-order valence-electron chi connectivity index (χ4n) is 5.26. The van der Waals surface area contributed by atoms with Gasteiger partial charge in [-0.2, -0.15) is 0 Å². The number of hydrogen-bond donors (Lipinski definition) is 2. The van der Waals surface area contributed by atoms with Crippen LogP contribution in [-0.2, 0) is 28.7 Å². The van der Waals surface area contributed by atoms with E-state index < -0.39 is 12.1 Å². The third-order valence-corrected chi connectivity index (χ3v) is 7.14. The molecule has 10 nitrogen and oxygen atoms in total. The number of quaternary nitrogens is 2. The molecular weight excluding hydrogens is 440 g/mol. The first-order chi connectivity index (χ1) is 16.5. The van der Waals surface area contributed by atoms with Crippen LogP contribution in [-0.4, -0.2) is 74.2 Å². The molecule has 1 aromatic carbocycles. The van der Waals surface area contributed by atoms with Gasteiger partial charge in [-0.25, -0.2) is 9.80 Å². The second-order valence-electron chi connectivity index (χ2n) is 9.49. The highest BCUT2D eigenvalue weighted by Crippen LogP contribution is 2.27. The van der Waals surface area contributed by atoms with Gasteiger partial charge in [-0.05, 0) is 49.9 Å². The van der Waals surface area contributed by atoms with Crippen molar-refractivity contribution in [2.24, 2.45) is 0 Å². The summed E-state index contributed by atoms with van der Waals surface area (Å²) in [6.45, 7) is 2.84. The lowest BCUT2D eigenvalue weighted by Gasteiger charge is -2.18. The molecule has 5 rings (SSSR count). The maximum absolute atomic E-state index is 12.9. The van der Waals surface area contributed by atoms with Crippen LogP contribution >= 0.6 is 0 Å². The van der Waals surface area contributed by atoms with Gasteiger partial charge in [-0.15, -0.1) is 0 Å². The Morgan fingerprint density at radius 3 is 1.47 bits per heavy atom. The number of carbonyl (C=O) groups is 4. The van der Waals surface area contributed by atoms with Crippen LogP contribution in [0.3, 0.4) is 0 Å². The van der Waals surface area contributed by atoms with Crippen LogP contribution in [0.1, 0.15) is 38.5 Å². The maximum Gasteiger partial charge on any atom is 0.292 e. The summed E-state index contributed by atoms with van der Waals surface area (Å²) in [6, 6.07) is 5.60. The molecule has 4 fully saturated rings. The Balaban J connectivity index is 1.20. The minimum Gasteiger partial charge on any atom is -0.372 e. The van der Waals surface area contributed by atoms with Crippen LogP contribution in [0.25, 0.3) is 0 Å². The predicted molar refractivity (Wildman–Crippen MR) is 120 cm³/mol. The van der Waals surface area contributed by atoms with E-state index in [0.29, 0.717) is 24.5 Å². The fourth-order valence-corrected chi connectivity index (χ4v) is 5.26. The van der Waals surface area contributed by atoms with Crippen molar-refractivity contribution in [3.8, 4) is 0 Å². The van der Waals surface area contributed by atoms with Crippen molar-refractivity contribution in [2.75, 3.05) is 36.1 Å². The number of imide groups is 2. The van der Waals surface area contributed by atoms with Crippen molar-refractivity contribution in [3.63, 3.8) is 0 Å². The molecule has 34 heavy (non-hydrogen) atoms. The summed E-state index contributed by atoms with van der Waals surface area (Å²) in [6.07, 6.45) is 4.61. The van der Waals surface area contributed by atoms with Gasteiger partial charge in [0.2, 0.25) is 11.8 Å². The zero-order valence-electron chi connectivity index (χ0n) is 19.2. The number of nitrogens with two attached hydrogens (primary N) is 2. The zero-order chi connectivity index (χ0) is 23.7. The third kappa shape index (κ3) is 4.63. The molecule has 0 radical (unpaired) electrons. The van der Waals surface area contributed by atoms with E-state index >= 15 is 0 Å². The van der Waals surface area contributed by atoms with Crippen LogP contribution in [0.2, 0.25) is 0 Å². The lowest BCUT2D eigenvalue weighted by atomic mass is 10.2. The number of amides is 4. The highest BCUT2D eigenvalue weighted by Gasteiger charge is 2.44. The van der Waals surface area contributed by atoms with Gasteiger partial charge >= 0.3 is 0 Å². The molecule has 4 amide bonds. The highest BCUT2D eigenvalue weighted by atomic mass is 16.5. The summed E-state index contributed by atoms with van der Waals surface area (Å²) in [7, 11) is 0. The Morgan fingerprint density at radius 2 is 1.12 bits per heavy atom. The van der Waals surface area contributed by atoms with E-state index in [1.165, 1.54) is 9.80 Å². The Hall–Kier alpha value is -2.66. The Kier molecular flexibility index (Phi) is 6.73. The van der Waals surface area contributed by atoms with Crippen molar-refractivity contribution in [1.82, 2.24) is 0 Å². The number of benzene rings is 1. The molecule has 0 saturated carbocycles. The van der Waals surface area contributed by atoms with Gasteiger partial charge in [-0.1, -0.05) is 0 Å². The SMILES string of the molecule is O=C1C[C@H]([NH2+]C[C@@H]2CCCO2)C(=O)N1c1ccc(N2C(=O)C[C@H]([NH2+]C[C@@H]3CCCO3)C2=O)cc1. The number of carbonyl (C=O) groups excluding carboxylic acids is 4. The molecule has 4 aliphatic heterocycles.